The van der Waals surface area contributed by atoms with E-state index in [9.17, 15) is 14.5 Å². The van der Waals surface area contributed by atoms with E-state index in [0.717, 1.165) is 5.56 Å². The van der Waals surface area contributed by atoms with Crippen molar-refractivity contribution >= 4 is 26.4 Å². The molecule has 2 atom stereocenters. The highest BCUT2D eigenvalue weighted by molar-refractivity contribution is 7.17. The smallest absolute Gasteiger partial charge is 0.490 e. The highest BCUT2D eigenvalue weighted by Crippen LogP contribution is 2.42. The summed E-state index contributed by atoms with van der Waals surface area (Å²) in [5.74, 6) is -0.600. The molecule has 0 aliphatic heterocycles. The van der Waals surface area contributed by atoms with Crippen LogP contribution >= 0.6 is 20.3 Å². The van der Waals surface area contributed by atoms with Crippen LogP contribution in [0.25, 0.3) is 0 Å². The highest BCUT2D eigenvalue weighted by atomic mass is 35.5. The Balaban J connectivity index is 2.14. The molecule has 0 saturated heterocycles. The van der Waals surface area contributed by atoms with Gasteiger partial charge in [-0.3, -0.25) is 0 Å². The molecule has 0 bridgehead atoms. The van der Waals surface area contributed by atoms with Crippen LogP contribution in [0.5, 0.6) is 11.5 Å². The summed E-state index contributed by atoms with van der Waals surface area (Å²) in [5.41, 5.74) is -2.15. The van der Waals surface area contributed by atoms with E-state index in [4.69, 9.17) is 35.1 Å². The lowest BCUT2D eigenvalue weighted by molar-refractivity contribution is -0.423. The minimum Gasteiger partial charge on any atom is -0.490 e. The molecule has 0 aromatic heterocycles. The Bertz CT molecular complexity index is 1050. The molecule has 0 aliphatic carbocycles. The van der Waals surface area contributed by atoms with E-state index in [0.29, 0.717) is 36.2 Å². The van der Waals surface area contributed by atoms with Gasteiger partial charge in [-0.15, -0.1) is 0 Å². The SMILES string of the molecule is CC(C)(C)OC(O[PH+]=O)(OC(C)(C)C)C(C)(CCc1ccc(OCCOc2ccc(Cl)cc2)cc1)NC(=O)O. The quantitative estimate of drug-likeness (QED) is 0.139. The number of aryl methyl sites for hydroxylation is 1. The fourth-order valence-corrected chi connectivity index (χ4v) is 4.33. The van der Waals surface area contributed by atoms with Crippen molar-refractivity contribution in [2.45, 2.75) is 84.0 Å². The number of benzene rings is 2. The first-order valence-electron chi connectivity index (χ1n) is 12.6. The second-order valence-electron chi connectivity index (χ2n) is 11.2. The fraction of sp³-hybridized carbons (Fsp3) is 0.536. The molecule has 0 heterocycles. The molecule has 0 fully saturated rings. The van der Waals surface area contributed by atoms with E-state index in [1.54, 1.807) is 72.7 Å². The van der Waals surface area contributed by atoms with E-state index >= 15 is 0 Å². The first kappa shape index (κ1) is 32.8. The molecular weight excluding hydrogens is 545 g/mol. The molecule has 39 heavy (non-hydrogen) atoms. The van der Waals surface area contributed by atoms with Crippen molar-refractivity contribution in [2.75, 3.05) is 13.2 Å². The topological polar surface area (TPSA) is 113 Å². The molecule has 1 amide bonds. The lowest BCUT2D eigenvalue weighted by Crippen LogP contribution is -2.68. The van der Waals surface area contributed by atoms with Crippen LogP contribution in [0.1, 0.15) is 60.5 Å². The molecule has 0 spiro atoms. The Morgan fingerprint density at radius 1 is 0.846 bits per heavy atom. The molecule has 0 radical (unpaired) electrons. The van der Waals surface area contributed by atoms with Gasteiger partial charge in [0.05, 0.1) is 11.2 Å². The first-order chi connectivity index (χ1) is 18.1. The van der Waals surface area contributed by atoms with Crippen molar-refractivity contribution in [3.8, 4) is 11.5 Å². The van der Waals surface area contributed by atoms with Gasteiger partial charge in [0.2, 0.25) is 0 Å². The number of carboxylic acid groups (broad SMARTS) is 1. The van der Waals surface area contributed by atoms with E-state index in [1.165, 1.54) is 0 Å². The maximum absolute atomic E-state index is 11.9. The van der Waals surface area contributed by atoms with Gasteiger partial charge >= 0.3 is 20.8 Å². The molecular formula is C28H40ClNO8P+. The predicted molar refractivity (Wildman–Crippen MR) is 151 cm³/mol. The third kappa shape index (κ3) is 10.9. The average molecular weight is 585 g/mol. The van der Waals surface area contributed by atoms with Crippen LogP contribution in [-0.4, -0.2) is 47.1 Å². The van der Waals surface area contributed by atoms with Gasteiger partial charge in [-0.25, -0.2) is 4.79 Å². The summed E-state index contributed by atoms with van der Waals surface area (Å²) in [6.45, 7) is 13.0. The van der Waals surface area contributed by atoms with Crippen LogP contribution < -0.4 is 14.8 Å². The number of ether oxygens (including phenoxy) is 4. The minimum atomic E-state index is -1.98. The Kier molecular flexibility index (Phi) is 11.6. The summed E-state index contributed by atoms with van der Waals surface area (Å²) in [6.07, 6.45) is -0.644. The molecule has 0 aliphatic rings. The molecule has 2 aromatic carbocycles. The summed E-state index contributed by atoms with van der Waals surface area (Å²) >= 11 is 5.88. The molecule has 216 valence electrons. The van der Waals surface area contributed by atoms with Crippen LogP contribution in [0.2, 0.25) is 5.02 Å². The lowest BCUT2D eigenvalue weighted by atomic mass is 9.89. The van der Waals surface area contributed by atoms with E-state index in [1.807, 2.05) is 24.3 Å². The van der Waals surface area contributed by atoms with Gasteiger partial charge in [0.1, 0.15) is 30.3 Å². The van der Waals surface area contributed by atoms with Crippen molar-refractivity contribution in [1.29, 1.82) is 0 Å². The number of carbonyl (C=O) groups is 1. The number of hydrogen-bond donors (Lipinski definition) is 2. The second kappa shape index (κ2) is 13.8. The van der Waals surface area contributed by atoms with Gasteiger partial charge in [0.15, 0.2) is 0 Å². The van der Waals surface area contributed by atoms with Crippen molar-refractivity contribution in [3.63, 3.8) is 0 Å². The van der Waals surface area contributed by atoms with Crippen LogP contribution in [0.3, 0.4) is 0 Å². The van der Waals surface area contributed by atoms with Gasteiger partial charge < -0.3 is 29.4 Å². The van der Waals surface area contributed by atoms with E-state index < -0.39 is 37.5 Å². The van der Waals surface area contributed by atoms with Crippen molar-refractivity contribution in [2.24, 2.45) is 0 Å². The van der Waals surface area contributed by atoms with Gasteiger partial charge in [0, 0.05) is 5.02 Å². The van der Waals surface area contributed by atoms with Gasteiger partial charge in [0.25, 0.3) is 0 Å². The molecule has 9 nitrogen and oxygen atoms in total. The Morgan fingerprint density at radius 2 is 1.31 bits per heavy atom. The zero-order valence-electron chi connectivity index (χ0n) is 23.6. The maximum atomic E-state index is 11.9. The predicted octanol–water partition coefficient (Wildman–Crippen LogP) is 7.00. The summed E-state index contributed by atoms with van der Waals surface area (Å²) < 4.78 is 41.2. The second-order valence-corrected chi connectivity index (χ2v) is 12.0. The van der Waals surface area contributed by atoms with E-state index in [-0.39, 0.29) is 6.42 Å². The molecule has 2 aromatic rings. The zero-order valence-corrected chi connectivity index (χ0v) is 25.4. The number of amides is 1. The van der Waals surface area contributed by atoms with E-state index in [2.05, 4.69) is 5.32 Å². The first-order valence-corrected chi connectivity index (χ1v) is 13.8. The summed E-state index contributed by atoms with van der Waals surface area (Å²) in [7, 11) is -1.26. The van der Waals surface area contributed by atoms with Crippen molar-refractivity contribution in [1.82, 2.24) is 5.32 Å². The van der Waals surface area contributed by atoms with Crippen LogP contribution in [0, 0.1) is 0 Å². The average Bonchev–Trinajstić information content (AvgIpc) is 2.80. The number of hydrogen-bond acceptors (Lipinski definition) is 7. The Labute approximate surface area is 237 Å². The van der Waals surface area contributed by atoms with Gasteiger partial charge in [-0.05, 0) is 108 Å². The normalized spacial score (nSPS) is 14.1. The molecule has 11 heteroatoms. The molecule has 2 unspecified atom stereocenters. The molecule has 0 saturated carbocycles. The fourth-order valence-electron chi connectivity index (χ4n) is 3.79. The standard InChI is InChI=1S/C28H39ClNO8P/c1-25(2,3)36-28(38-39-33,37-26(4,5)6)27(7,30-24(31)32)17-16-20-8-12-22(13-9-20)34-18-19-35-23-14-10-21(29)11-15-23/h8-15,30,39H,16-19H2,1-7H3/p+1. The van der Waals surface area contributed by atoms with Crippen molar-refractivity contribution < 1.29 is 37.9 Å². The summed E-state index contributed by atoms with van der Waals surface area (Å²) in [4.78, 5) is 11.9. The largest absolute Gasteiger partial charge is 0.499 e. The van der Waals surface area contributed by atoms with Gasteiger partial charge in [-0.2, -0.15) is 0 Å². The molecule has 2 N–H and O–H groups in total. The number of halogens is 1. The highest BCUT2D eigenvalue weighted by Gasteiger charge is 2.60. The third-order valence-electron chi connectivity index (χ3n) is 5.39. The molecule has 2 rings (SSSR count). The van der Waals surface area contributed by atoms with Crippen molar-refractivity contribution in [3.05, 3.63) is 59.1 Å². The van der Waals surface area contributed by atoms with Crippen LogP contribution in [0.15, 0.2) is 48.5 Å². The lowest BCUT2D eigenvalue weighted by Gasteiger charge is -2.48. The maximum Gasteiger partial charge on any atom is 0.499 e. The van der Waals surface area contributed by atoms with Crippen LogP contribution in [-0.2, 0) is 25.0 Å². The summed E-state index contributed by atoms with van der Waals surface area (Å²) in [6, 6.07) is 14.6. The zero-order chi connectivity index (χ0) is 29.3. The van der Waals surface area contributed by atoms with Crippen LogP contribution in [0.4, 0.5) is 4.79 Å². The number of nitrogens with one attached hydrogen (secondary N) is 1. The summed E-state index contributed by atoms with van der Waals surface area (Å²) in [5, 5.41) is 12.9. The Hall–Kier alpha value is -2.42. The number of rotatable bonds is 14. The minimum absolute atomic E-state index is 0.213. The third-order valence-corrected chi connectivity index (χ3v) is 5.99. The Morgan fingerprint density at radius 3 is 1.72 bits per heavy atom. The van der Waals surface area contributed by atoms with Gasteiger partial charge in [-0.1, -0.05) is 28.3 Å². The monoisotopic (exact) mass is 584 g/mol.